The van der Waals surface area contributed by atoms with Crippen LogP contribution in [-0.4, -0.2) is 25.8 Å². The Hall–Kier alpha value is -3.97. The summed E-state index contributed by atoms with van der Waals surface area (Å²) in [5.41, 5.74) is -1.69. The van der Waals surface area contributed by atoms with Crippen LogP contribution < -0.4 is 5.48 Å². The number of nitro groups is 3. The summed E-state index contributed by atoms with van der Waals surface area (Å²) < 4.78 is 0. The van der Waals surface area contributed by atoms with E-state index in [0.29, 0.717) is 6.07 Å². The number of fused-ring (bicyclic) bond motifs is 3. The molecular weight excluding hydrogens is 356 g/mol. The highest BCUT2D eigenvalue weighted by Crippen LogP contribution is 2.47. The predicted octanol–water partition coefficient (Wildman–Crippen LogP) is 2.44. The first-order chi connectivity index (χ1) is 12.3. The molecule has 2 aromatic carbocycles. The molecule has 1 aliphatic rings. The molecule has 2 N–H and O–H groups in total. The minimum Gasteiger partial charge on any atom is -0.288 e. The SMILES string of the molecule is O=C1c2c(cc(NOO)cc2[N+](=O)[O-])-c2cc([N+](=O)[O-])cc([N+](=O)[O-])c21. The second kappa shape index (κ2) is 5.83. The Bertz CT molecular complexity index is 1020. The fourth-order valence-electron chi connectivity index (χ4n) is 2.77. The topological polar surface area (TPSA) is 188 Å². The Kier molecular flexibility index (Phi) is 3.79. The molecule has 13 heteroatoms. The zero-order valence-corrected chi connectivity index (χ0v) is 12.4. The molecular formula is C13H6N4O9. The lowest BCUT2D eigenvalue weighted by atomic mass is 10.0. The molecule has 0 atom stereocenters. The first-order valence-electron chi connectivity index (χ1n) is 6.67. The maximum Gasteiger partial charge on any atom is 0.288 e. The van der Waals surface area contributed by atoms with Gasteiger partial charge >= 0.3 is 0 Å². The van der Waals surface area contributed by atoms with E-state index in [9.17, 15) is 35.1 Å². The molecule has 0 aromatic heterocycles. The number of benzene rings is 2. The molecule has 0 heterocycles. The van der Waals surface area contributed by atoms with E-state index < -0.39 is 48.7 Å². The van der Waals surface area contributed by atoms with Crippen molar-refractivity contribution in [2.75, 3.05) is 5.48 Å². The monoisotopic (exact) mass is 362 g/mol. The number of nitrogens with zero attached hydrogens (tertiary/aromatic N) is 3. The first kappa shape index (κ1) is 16.9. The summed E-state index contributed by atoms with van der Waals surface area (Å²) in [6.45, 7) is 0. The first-order valence-corrected chi connectivity index (χ1v) is 6.67. The van der Waals surface area contributed by atoms with E-state index in [-0.39, 0.29) is 16.8 Å². The van der Waals surface area contributed by atoms with Crippen LogP contribution in [0.4, 0.5) is 22.7 Å². The summed E-state index contributed by atoms with van der Waals surface area (Å²) in [5.74, 6) is -1.00. The van der Waals surface area contributed by atoms with Crippen LogP contribution in [0.25, 0.3) is 11.1 Å². The maximum absolute atomic E-state index is 12.6. The van der Waals surface area contributed by atoms with Gasteiger partial charge in [-0.05, 0) is 6.07 Å². The third kappa shape index (κ3) is 2.40. The number of rotatable bonds is 5. The largest absolute Gasteiger partial charge is 0.288 e. The van der Waals surface area contributed by atoms with Crippen molar-refractivity contribution in [2.24, 2.45) is 0 Å². The molecule has 0 saturated carbocycles. The zero-order chi connectivity index (χ0) is 19.2. The quantitative estimate of drug-likeness (QED) is 0.387. The number of hydrogen-bond donors (Lipinski definition) is 2. The standard InChI is InChI=1S/C13H6N4O9/c18-13-11-7(1-5(14-26-25)2-9(11)16(21)22)8-3-6(15(19)20)4-10(12(8)13)17(23)24/h1-4,14,25H. The summed E-state index contributed by atoms with van der Waals surface area (Å²) >= 11 is 0. The van der Waals surface area contributed by atoms with Gasteiger partial charge in [-0.3, -0.25) is 35.1 Å². The number of ketones is 1. The number of nitro benzene ring substituents is 3. The normalized spacial score (nSPS) is 11.7. The van der Waals surface area contributed by atoms with Crippen molar-refractivity contribution in [3.8, 4) is 11.1 Å². The van der Waals surface area contributed by atoms with Gasteiger partial charge in [0.05, 0.1) is 26.5 Å². The van der Waals surface area contributed by atoms with Crippen molar-refractivity contribution < 1.29 is 29.8 Å². The lowest BCUT2D eigenvalue weighted by molar-refractivity contribution is -0.394. The molecule has 0 aliphatic heterocycles. The summed E-state index contributed by atoms with van der Waals surface area (Å²) in [4.78, 5) is 47.1. The lowest BCUT2D eigenvalue weighted by Gasteiger charge is -2.06. The molecule has 2 aromatic rings. The van der Waals surface area contributed by atoms with Crippen LogP contribution in [0, 0.1) is 30.3 Å². The van der Waals surface area contributed by atoms with Crippen LogP contribution in [0.15, 0.2) is 24.3 Å². The number of non-ortho nitro benzene ring substituents is 1. The third-order valence-corrected chi connectivity index (χ3v) is 3.73. The van der Waals surface area contributed by atoms with Gasteiger partial charge in [-0.25, -0.2) is 10.7 Å². The minimum atomic E-state index is -1.00. The van der Waals surface area contributed by atoms with Gasteiger partial charge in [-0.1, -0.05) is 0 Å². The number of carbonyl (C=O) groups is 1. The van der Waals surface area contributed by atoms with Gasteiger partial charge in [0.15, 0.2) is 0 Å². The molecule has 1 aliphatic carbocycles. The third-order valence-electron chi connectivity index (χ3n) is 3.73. The van der Waals surface area contributed by atoms with Gasteiger partial charge in [0.25, 0.3) is 17.1 Å². The molecule has 0 radical (unpaired) electrons. The van der Waals surface area contributed by atoms with E-state index in [1.807, 2.05) is 5.48 Å². The molecule has 13 nitrogen and oxygen atoms in total. The zero-order valence-electron chi connectivity index (χ0n) is 12.4. The van der Waals surface area contributed by atoms with Crippen molar-refractivity contribution in [1.29, 1.82) is 0 Å². The fourth-order valence-corrected chi connectivity index (χ4v) is 2.77. The van der Waals surface area contributed by atoms with Gasteiger partial charge in [-0.2, -0.15) is 0 Å². The van der Waals surface area contributed by atoms with Crippen molar-refractivity contribution in [3.05, 3.63) is 65.7 Å². The van der Waals surface area contributed by atoms with Gasteiger partial charge in [0.2, 0.25) is 5.78 Å². The van der Waals surface area contributed by atoms with Crippen molar-refractivity contribution in [3.63, 3.8) is 0 Å². The molecule has 0 spiro atoms. The predicted molar refractivity (Wildman–Crippen MR) is 82.6 cm³/mol. The smallest absolute Gasteiger partial charge is 0.288 e. The fraction of sp³-hybridized carbons (Fsp3) is 0. The molecule has 0 amide bonds. The molecule has 3 rings (SSSR count). The lowest BCUT2D eigenvalue weighted by Crippen LogP contribution is -2.05. The van der Waals surface area contributed by atoms with Gasteiger partial charge < -0.3 is 0 Å². The average molecular weight is 362 g/mol. The molecule has 0 saturated heterocycles. The average Bonchev–Trinajstić information content (AvgIpc) is 2.86. The van der Waals surface area contributed by atoms with Crippen LogP contribution in [0.3, 0.4) is 0 Å². The van der Waals surface area contributed by atoms with Gasteiger partial charge in [0.1, 0.15) is 11.1 Å². The second-order valence-corrected chi connectivity index (χ2v) is 5.10. The van der Waals surface area contributed by atoms with Crippen LogP contribution in [0.2, 0.25) is 0 Å². The Morgan fingerprint density at radius 2 is 1.38 bits per heavy atom. The van der Waals surface area contributed by atoms with Crippen molar-refractivity contribution in [1.82, 2.24) is 0 Å². The maximum atomic E-state index is 12.6. The molecule has 132 valence electrons. The van der Waals surface area contributed by atoms with E-state index in [1.165, 1.54) is 0 Å². The molecule has 0 fully saturated rings. The Balaban J connectivity index is 2.41. The van der Waals surface area contributed by atoms with Crippen LogP contribution in [0.1, 0.15) is 15.9 Å². The highest BCUT2D eigenvalue weighted by atomic mass is 17.2. The van der Waals surface area contributed by atoms with Gasteiger partial charge in [-0.15, -0.1) is 4.99 Å². The minimum absolute atomic E-state index is 0.134. The Labute approximate surface area is 141 Å². The Morgan fingerprint density at radius 3 is 1.88 bits per heavy atom. The number of hydrogen-bond acceptors (Lipinski definition) is 10. The van der Waals surface area contributed by atoms with Crippen LogP contribution in [0.5, 0.6) is 0 Å². The van der Waals surface area contributed by atoms with E-state index in [0.717, 1.165) is 18.2 Å². The summed E-state index contributed by atoms with van der Waals surface area (Å²) in [7, 11) is 0. The van der Waals surface area contributed by atoms with Crippen molar-refractivity contribution in [2.45, 2.75) is 0 Å². The van der Waals surface area contributed by atoms with Crippen LogP contribution >= 0.6 is 0 Å². The molecule has 0 bridgehead atoms. The highest BCUT2D eigenvalue weighted by Gasteiger charge is 2.41. The summed E-state index contributed by atoms with van der Waals surface area (Å²) in [5, 5.41) is 42.0. The number of nitrogens with one attached hydrogen (secondary N) is 1. The number of anilines is 1. The summed E-state index contributed by atoms with van der Waals surface area (Å²) in [6, 6.07) is 3.54. The number of carbonyl (C=O) groups excluding carboxylic acids is 1. The van der Waals surface area contributed by atoms with E-state index in [1.54, 1.807) is 0 Å². The van der Waals surface area contributed by atoms with E-state index in [4.69, 9.17) is 5.26 Å². The van der Waals surface area contributed by atoms with E-state index in [2.05, 4.69) is 4.99 Å². The van der Waals surface area contributed by atoms with E-state index >= 15 is 0 Å². The Morgan fingerprint density at radius 1 is 0.846 bits per heavy atom. The van der Waals surface area contributed by atoms with Crippen molar-refractivity contribution >= 4 is 28.5 Å². The summed E-state index contributed by atoms with van der Waals surface area (Å²) in [6.07, 6.45) is 0. The van der Waals surface area contributed by atoms with Gasteiger partial charge in [0, 0.05) is 23.3 Å². The molecule has 0 unspecified atom stereocenters. The second-order valence-electron chi connectivity index (χ2n) is 5.10. The molecule has 26 heavy (non-hydrogen) atoms. The highest BCUT2D eigenvalue weighted by molar-refractivity contribution is 6.26. The van der Waals surface area contributed by atoms with Crippen LogP contribution in [-0.2, 0) is 4.99 Å².